The quantitative estimate of drug-likeness (QED) is 0.624. The Morgan fingerprint density at radius 1 is 1.40 bits per heavy atom. The number of rotatable bonds is 5. The van der Waals surface area contributed by atoms with Crippen molar-refractivity contribution < 1.29 is 12.8 Å². The molecule has 0 bridgehead atoms. The third kappa shape index (κ3) is 3.59. The van der Waals surface area contributed by atoms with E-state index in [1.165, 1.54) is 11.6 Å². The van der Waals surface area contributed by atoms with Gasteiger partial charge in [-0.15, -0.1) is 0 Å². The van der Waals surface area contributed by atoms with Crippen molar-refractivity contribution in [1.29, 1.82) is 0 Å². The second kappa shape index (κ2) is 6.24. The van der Waals surface area contributed by atoms with E-state index in [1.807, 2.05) is 0 Å². The van der Waals surface area contributed by atoms with E-state index in [1.54, 1.807) is 0 Å². The highest BCUT2D eigenvalue weighted by molar-refractivity contribution is 9.10. The Morgan fingerprint density at radius 3 is 2.80 bits per heavy atom. The van der Waals surface area contributed by atoms with Gasteiger partial charge in [0.2, 0.25) is 10.0 Å². The molecule has 0 aliphatic heterocycles. The fourth-order valence-corrected chi connectivity index (χ4v) is 3.83. The van der Waals surface area contributed by atoms with Gasteiger partial charge in [0.15, 0.2) is 0 Å². The monoisotopic (exact) mass is 362 g/mol. The Labute approximate surface area is 126 Å². The van der Waals surface area contributed by atoms with E-state index in [9.17, 15) is 12.8 Å². The van der Waals surface area contributed by atoms with Gasteiger partial charge in [-0.25, -0.2) is 17.5 Å². The van der Waals surface area contributed by atoms with Crippen molar-refractivity contribution in [2.45, 2.75) is 30.6 Å². The van der Waals surface area contributed by atoms with Gasteiger partial charge in [0.25, 0.3) is 0 Å². The number of nitrogens with one attached hydrogen (secondary N) is 1. The van der Waals surface area contributed by atoms with E-state index in [-0.39, 0.29) is 15.1 Å². The fraction of sp³-hybridized carbons (Fsp3) is 0.385. The van der Waals surface area contributed by atoms with Crippen molar-refractivity contribution in [2.24, 2.45) is 0 Å². The van der Waals surface area contributed by atoms with E-state index in [0.717, 1.165) is 25.3 Å². The number of nitrogens with two attached hydrogens (primary N) is 1. The Morgan fingerprint density at radius 2 is 2.15 bits per heavy atom. The summed E-state index contributed by atoms with van der Waals surface area (Å²) < 4.78 is 40.1. The minimum atomic E-state index is -3.72. The first kappa shape index (κ1) is 15.5. The van der Waals surface area contributed by atoms with Crippen LogP contribution in [0.5, 0.6) is 0 Å². The van der Waals surface area contributed by atoms with E-state index >= 15 is 0 Å². The molecule has 1 aliphatic rings. The predicted octanol–water partition coefficient (Wildman–Crippen LogP) is 2.95. The van der Waals surface area contributed by atoms with E-state index in [4.69, 9.17) is 5.73 Å². The Hall–Kier alpha value is -0.920. The maximum Gasteiger partial charge on any atom is 0.242 e. The van der Waals surface area contributed by atoms with Gasteiger partial charge in [-0.1, -0.05) is 11.6 Å². The average Bonchev–Trinajstić information content (AvgIpc) is 2.86. The van der Waals surface area contributed by atoms with E-state index < -0.39 is 15.8 Å². The molecule has 0 saturated heterocycles. The number of sulfonamides is 1. The number of benzene rings is 1. The number of nitrogen functional groups attached to an aromatic ring is 1. The topological polar surface area (TPSA) is 72.2 Å². The van der Waals surface area contributed by atoms with Gasteiger partial charge in [-0.3, -0.25) is 0 Å². The number of anilines is 1. The smallest absolute Gasteiger partial charge is 0.242 e. The molecule has 4 nitrogen and oxygen atoms in total. The fourth-order valence-electron chi connectivity index (χ4n) is 2.16. The lowest BCUT2D eigenvalue weighted by Gasteiger charge is -2.10. The predicted molar refractivity (Wildman–Crippen MR) is 80.3 cm³/mol. The second-order valence-corrected chi connectivity index (χ2v) is 7.30. The summed E-state index contributed by atoms with van der Waals surface area (Å²) in [5.74, 6) is -0.586. The lowest BCUT2D eigenvalue weighted by atomic mass is 10.2. The third-order valence-corrected chi connectivity index (χ3v) is 5.34. The summed E-state index contributed by atoms with van der Waals surface area (Å²) in [6.45, 7) is 0.322. The van der Waals surface area contributed by atoms with E-state index in [0.29, 0.717) is 13.0 Å². The van der Waals surface area contributed by atoms with Crippen molar-refractivity contribution in [3.05, 3.63) is 34.1 Å². The summed E-state index contributed by atoms with van der Waals surface area (Å²) in [6.07, 6.45) is 6.09. The molecule has 20 heavy (non-hydrogen) atoms. The molecule has 0 radical (unpaired) electrons. The Bertz CT molecular complexity index is 644. The average molecular weight is 363 g/mol. The van der Waals surface area contributed by atoms with Crippen LogP contribution < -0.4 is 10.5 Å². The number of allylic oxidation sites excluding steroid dienone is 1. The van der Waals surface area contributed by atoms with Crippen LogP contribution in [0.15, 0.2) is 33.2 Å². The molecule has 0 amide bonds. The zero-order chi connectivity index (χ0) is 14.8. The van der Waals surface area contributed by atoms with Crippen LogP contribution in [0.25, 0.3) is 0 Å². The van der Waals surface area contributed by atoms with Crippen molar-refractivity contribution in [3.63, 3.8) is 0 Å². The minimum absolute atomic E-state index is 0.0746. The minimum Gasteiger partial charge on any atom is -0.398 e. The van der Waals surface area contributed by atoms with Gasteiger partial charge in [-0.05, 0) is 53.7 Å². The van der Waals surface area contributed by atoms with E-state index in [2.05, 4.69) is 26.7 Å². The lowest BCUT2D eigenvalue weighted by Crippen LogP contribution is -2.26. The molecule has 0 fully saturated rings. The summed E-state index contributed by atoms with van der Waals surface area (Å²) in [4.78, 5) is -0.105. The van der Waals surface area contributed by atoms with Crippen molar-refractivity contribution >= 4 is 31.6 Å². The van der Waals surface area contributed by atoms with Gasteiger partial charge < -0.3 is 5.73 Å². The summed E-state index contributed by atoms with van der Waals surface area (Å²) in [6, 6.07) is 2.18. The standard InChI is InChI=1S/C13H16BrFN2O2S/c14-10-7-13(12(16)8-11(10)15)20(18,19)17-6-5-9-3-1-2-4-9/h3,7-8,17H,1-2,4-6,16H2. The largest absolute Gasteiger partial charge is 0.398 e. The molecule has 1 aromatic carbocycles. The van der Waals surface area contributed by atoms with Crippen molar-refractivity contribution in [2.75, 3.05) is 12.3 Å². The molecular weight excluding hydrogens is 347 g/mol. The number of hydrogen-bond acceptors (Lipinski definition) is 3. The molecule has 0 saturated carbocycles. The first-order valence-electron chi connectivity index (χ1n) is 6.32. The SMILES string of the molecule is Nc1cc(F)c(Br)cc1S(=O)(=O)NCCC1=CCCC1. The molecule has 0 atom stereocenters. The third-order valence-electron chi connectivity index (χ3n) is 3.22. The molecule has 0 aromatic heterocycles. The Kier molecular flexibility index (Phi) is 4.82. The molecule has 1 aliphatic carbocycles. The Balaban J connectivity index is 2.08. The maximum atomic E-state index is 13.3. The van der Waals surface area contributed by atoms with Crippen LogP contribution in [0.3, 0.4) is 0 Å². The molecule has 110 valence electrons. The zero-order valence-corrected chi connectivity index (χ0v) is 13.2. The van der Waals surface area contributed by atoms with Gasteiger partial charge in [-0.2, -0.15) is 0 Å². The number of hydrogen-bond donors (Lipinski definition) is 2. The first-order valence-corrected chi connectivity index (χ1v) is 8.60. The van der Waals surface area contributed by atoms with Crippen LogP contribution in [0, 0.1) is 5.82 Å². The van der Waals surface area contributed by atoms with Gasteiger partial charge in [0.1, 0.15) is 10.7 Å². The van der Waals surface area contributed by atoms with Gasteiger partial charge in [0, 0.05) is 6.54 Å². The van der Waals surface area contributed by atoms with Crippen LogP contribution in [0.4, 0.5) is 10.1 Å². The molecule has 0 heterocycles. The molecule has 1 aromatic rings. The van der Waals surface area contributed by atoms with Crippen molar-refractivity contribution in [1.82, 2.24) is 4.72 Å². The van der Waals surface area contributed by atoms with Crippen LogP contribution in [-0.2, 0) is 10.0 Å². The van der Waals surface area contributed by atoms with Crippen LogP contribution in [0.1, 0.15) is 25.7 Å². The highest BCUT2D eigenvalue weighted by atomic mass is 79.9. The first-order chi connectivity index (χ1) is 9.40. The van der Waals surface area contributed by atoms with Crippen LogP contribution in [0.2, 0.25) is 0 Å². The lowest BCUT2D eigenvalue weighted by molar-refractivity contribution is 0.580. The highest BCUT2D eigenvalue weighted by Gasteiger charge is 2.19. The normalized spacial score (nSPS) is 15.4. The second-order valence-electron chi connectivity index (χ2n) is 4.71. The maximum absolute atomic E-state index is 13.3. The summed E-state index contributed by atoms with van der Waals surface area (Å²) in [7, 11) is -3.72. The van der Waals surface area contributed by atoms with Crippen LogP contribution >= 0.6 is 15.9 Å². The zero-order valence-electron chi connectivity index (χ0n) is 10.8. The molecule has 3 N–H and O–H groups in total. The molecule has 0 spiro atoms. The number of halogens is 2. The van der Waals surface area contributed by atoms with Crippen LogP contribution in [-0.4, -0.2) is 15.0 Å². The summed E-state index contributed by atoms with van der Waals surface area (Å²) >= 11 is 2.96. The molecule has 2 rings (SSSR count). The molecule has 7 heteroatoms. The molecule has 0 unspecified atom stereocenters. The van der Waals surface area contributed by atoms with Crippen molar-refractivity contribution in [3.8, 4) is 0 Å². The summed E-state index contributed by atoms with van der Waals surface area (Å²) in [5.41, 5.74) is 6.76. The van der Waals surface area contributed by atoms with Gasteiger partial charge in [0.05, 0.1) is 10.2 Å². The highest BCUT2D eigenvalue weighted by Crippen LogP contribution is 2.26. The van der Waals surface area contributed by atoms with Gasteiger partial charge >= 0.3 is 0 Å². The summed E-state index contributed by atoms with van der Waals surface area (Å²) in [5, 5.41) is 0. The molecular formula is C13H16BrFN2O2S.